The molecule has 1 saturated carbocycles. The van der Waals surface area contributed by atoms with Crippen molar-refractivity contribution >= 4 is 11.6 Å². The SMILES string of the molecule is Clc1cnc(C2CC3(CCNCC3)C2)nc1. The molecule has 86 valence electrons. The highest BCUT2D eigenvalue weighted by Gasteiger charge is 2.45. The molecule has 4 heteroatoms. The number of piperidine rings is 1. The largest absolute Gasteiger partial charge is 0.317 e. The fraction of sp³-hybridized carbons (Fsp3) is 0.667. The van der Waals surface area contributed by atoms with Crippen LogP contribution in [0.3, 0.4) is 0 Å². The predicted molar refractivity (Wildman–Crippen MR) is 63.6 cm³/mol. The number of halogens is 1. The molecule has 1 saturated heterocycles. The molecular weight excluding hydrogens is 222 g/mol. The molecule has 0 bridgehead atoms. The summed E-state index contributed by atoms with van der Waals surface area (Å²) in [7, 11) is 0. The maximum absolute atomic E-state index is 5.79. The van der Waals surface area contributed by atoms with Gasteiger partial charge in [0, 0.05) is 18.3 Å². The lowest BCUT2D eigenvalue weighted by atomic mass is 9.57. The summed E-state index contributed by atoms with van der Waals surface area (Å²) >= 11 is 5.79. The second-order valence-corrected chi connectivity index (χ2v) is 5.55. The van der Waals surface area contributed by atoms with Gasteiger partial charge in [-0.3, -0.25) is 0 Å². The van der Waals surface area contributed by atoms with E-state index in [4.69, 9.17) is 11.6 Å². The van der Waals surface area contributed by atoms with Gasteiger partial charge in [-0.15, -0.1) is 0 Å². The number of rotatable bonds is 1. The van der Waals surface area contributed by atoms with E-state index in [1.807, 2.05) is 0 Å². The van der Waals surface area contributed by atoms with Gasteiger partial charge in [-0.2, -0.15) is 0 Å². The minimum atomic E-state index is 0.565. The van der Waals surface area contributed by atoms with Crippen molar-refractivity contribution in [1.82, 2.24) is 15.3 Å². The molecule has 1 aliphatic carbocycles. The molecule has 0 atom stereocenters. The van der Waals surface area contributed by atoms with Crippen LogP contribution in [0.2, 0.25) is 5.02 Å². The number of nitrogens with zero attached hydrogens (tertiary/aromatic N) is 2. The van der Waals surface area contributed by atoms with Gasteiger partial charge in [0.25, 0.3) is 0 Å². The molecule has 2 aliphatic rings. The van der Waals surface area contributed by atoms with Gasteiger partial charge in [-0.05, 0) is 44.2 Å². The topological polar surface area (TPSA) is 37.8 Å². The Hall–Kier alpha value is -0.670. The highest BCUT2D eigenvalue weighted by molar-refractivity contribution is 6.30. The van der Waals surface area contributed by atoms with E-state index < -0.39 is 0 Å². The first-order valence-corrected chi connectivity index (χ1v) is 6.33. The number of hydrogen-bond donors (Lipinski definition) is 1. The Labute approximate surface area is 101 Å². The number of hydrogen-bond acceptors (Lipinski definition) is 3. The van der Waals surface area contributed by atoms with E-state index in [1.54, 1.807) is 12.4 Å². The lowest BCUT2D eigenvalue weighted by molar-refractivity contribution is 0.0567. The summed E-state index contributed by atoms with van der Waals surface area (Å²) in [5.41, 5.74) is 0.596. The maximum Gasteiger partial charge on any atom is 0.131 e. The molecule has 1 spiro atoms. The fourth-order valence-electron chi connectivity index (χ4n) is 3.07. The molecular formula is C12H16ClN3. The van der Waals surface area contributed by atoms with Crippen LogP contribution in [0, 0.1) is 5.41 Å². The lowest BCUT2D eigenvalue weighted by Crippen LogP contribution is -2.44. The van der Waals surface area contributed by atoms with Gasteiger partial charge < -0.3 is 5.32 Å². The summed E-state index contributed by atoms with van der Waals surface area (Å²) in [6.45, 7) is 2.35. The van der Waals surface area contributed by atoms with E-state index in [-0.39, 0.29) is 0 Å². The Morgan fingerprint density at radius 2 is 1.81 bits per heavy atom. The van der Waals surface area contributed by atoms with Crippen LogP contribution < -0.4 is 5.32 Å². The molecule has 1 aliphatic heterocycles. The van der Waals surface area contributed by atoms with Gasteiger partial charge >= 0.3 is 0 Å². The van der Waals surface area contributed by atoms with Crippen LogP contribution in [0.25, 0.3) is 0 Å². The third-order valence-electron chi connectivity index (χ3n) is 4.03. The Morgan fingerprint density at radius 3 is 2.44 bits per heavy atom. The standard InChI is InChI=1S/C12H16ClN3/c13-10-7-15-11(16-8-10)9-5-12(6-9)1-3-14-4-2-12/h7-9,14H,1-6H2. The van der Waals surface area contributed by atoms with Crippen molar-refractivity contribution in [2.24, 2.45) is 5.41 Å². The van der Waals surface area contributed by atoms with Crippen LogP contribution in [-0.2, 0) is 0 Å². The molecule has 0 amide bonds. The number of aromatic nitrogens is 2. The third-order valence-corrected chi connectivity index (χ3v) is 4.22. The predicted octanol–water partition coefficient (Wildman–Crippen LogP) is 2.38. The van der Waals surface area contributed by atoms with Crippen LogP contribution >= 0.6 is 11.6 Å². The van der Waals surface area contributed by atoms with Crippen LogP contribution in [0.5, 0.6) is 0 Å². The summed E-state index contributed by atoms with van der Waals surface area (Å²) in [4.78, 5) is 8.64. The van der Waals surface area contributed by atoms with Crippen molar-refractivity contribution in [3.8, 4) is 0 Å². The zero-order valence-electron chi connectivity index (χ0n) is 9.25. The first kappa shape index (κ1) is 10.5. The van der Waals surface area contributed by atoms with Crippen LogP contribution in [0.1, 0.15) is 37.4 Å². The first-order chi connectivity index (χ1) is 7.77. The number of nitrogens with one attached hydrogen (secondary N) is 1. The zero-order chi connectivity index (χ0) is 11.0. The Kier molecular flexibility index (Phi) is 2.60. The van der Waals surface area contributed by atoms with Gasteiger partial charge in [0.1, 0.15) is 5.82 Å². The normalized spacial score (nSPS) is 24.3. The van der Waals surface area contributed by atoms with Crippen LogP contribution in [0.15, 0.2) is 12.4 Å². The summed E-state index contributed by atoms with van der Waals surface area (Å²) in [6, 6.07) is 0. The smallest absolute Gasteiger partial charge is 0.131 e. The monoisotopic (exact) mass is 237 g/mol. The second-order valence-electron chi connectivity index (χ2n) is 5.11. The highest BCUT2D eigenvalue weighted by Crippen LogP contribution is 2.55. The van der Waals surface area contributed by atoms with E-state index in [2.05, 4.69) is 15.3 Å². The van der Waals surface area contributed by atoms with E-state index in [9.17, 15) is 0 Å². The van der Waals surface area contributed by atoms with Crippen molar-refractivity contribution in [2.45, 2.75) is 31.6 Å². The molecule has 1 aromatic rings. The van der Waals surface area contributed by atoms with Crippen molar-refractivity contribution in [3.05, 3.63) is 23.2 Å². The van der Waals surface area contributed by atoms with Gasteiger partial charge in [-0.25, -0.2) is 9.97 Å². The van der Waals surface area contributed by atoms with Crippen molar-refractivity contribution < 1.29 is 0 Å². The Bertz CT molecular complexity index is 362. The third kappa shape index (κ3) is 1.82. The average molecular weight is 238 g/mol. The molecule has 0 aromatic carbocycles. The van der Waals surface area contributed by atoms with E-state index in [1.165, 1.54) is 38.8 Å². The average Bonchev–Trinajstić information content (AvgIpc) is 2.28. The molecule has 3 rings (SSSR count). The molecule has 0 radical (unpaired) electrons. The summed E-state index contributed by atoms with van der Waals surface area (Å²) in [5.74, 6) is 1.55. The van der Waals surface area contributed by atoms with Crippen LogP contribution in [-0.4, -0.2) is 23.1 Å². The van der Waals surface area contributed by atoms with Crippen molar-refractivity contribution in [2.75, 3.05) is 13.1 Å². The Morgan fingerprint density at radius 1 is 1.19 bits per heavy atom. The maximum atomic E-state index is 5.79. The summed E-state index contributed by atoms with van der Waals surface area (Å²) < 4.78 is 0. The minimum Gasteiger partial charge on any atom is -0.317 e. The van der Waals surface area contributed by atoms with E-state index in [0.29, 0.717) is 16.4 Å². The van der Waals surface area contributed by atoms with Crippen LogP contribution in [0.4, 0.5) is 0 Å². The Balaban J connectivity index is 1.66. The molecule has 2 heterocycles. The van der Waals surface area contributed by atoms with Crippen molar-refractivity contribution in [3.63, 3.8) is 0 Å². The summed E-state index contributed by atoms with van der Waals surface area (Å²) in [6.07, 6.45) is 8.56. The lowest BCUT2D eigenvalue weighted by Gasteiger charge is -2.49. The fourth-order valence-corrected chi connectivity index (χ4v) is 3.16. The van der Waals surface area contributed by atoms with Gasteiger partial charge in [0.05, 0.1) is 5.02 Å². The molecule has 1 N–H and O–H groups in total. The minimum absolute atomic E-state index is 0.565. The van der Waals surface area contributed by atoms with Gasteiger partial charge in [-0.1, -0.05) is 11.6 Å². The first-order valence-electron chi connectivity index (χ1n) is 5.96. The molecule has 16 heavy (non-hydrogen) atoms. The molecule has 0 unspecified atom stereocenters. The van der Waals surface area contributed by atoms with E-state index in [0.717, 1.165) is 5.82 Å². The zero-order valence-corrected chi connectivity index (χ0v) is 10.0. The van der Waals surface area contributed by atoms with Gasteiger partial charge in [0.2, 0.25) is 0 Å². The highest BCUT2D eigenvalue weighted by atomic mass is 35.5. The quantitative estimate of drug-likeness (QED) is 0.815. The molecule has 1 aromatic heterocycles. The summed E-state index contributed by atoms with van der Waals surface area (Å²) in [5, 5.41) is 4.05. The molecule has 3 nitrogen and oxygen atoms in total. The molecule has 2 fully saturated rings. The van der Waals surface area contributed by atoms with Crippen molar-refractivity contribution in [1.29, 1.82) is 0 Å². The van der Waals surface area contributed by atoms with E-state index >= 15 is 0 Å². The van der Waals surface area contributed by atoms with Gasteiger partial charge in [0.15, 0.2) is 0 Å². The second kappa shape index (κ2) is 3.97.